The molecule has 0 fully saturated rings. The van der Waals surface area contributed by atoms with Crippen LogP contribution in [0.4, 0.5) is 0 Å². The smallest absolute Gasteiger partial charge is 0.0716 e. The first-order valence-electron chi connectivity index (χ1n) is 8.83. The lowest BCUT2D eigenvalue weighted by atomic mass is 9.96. The van der Waals surface area contributed by atoms with E-state index in [1.54, 1.807) is 7.11 Å². The Morgan fingerprint density at radius 2 is 1.72 bits per heavy atom. The molecule has 1 N–H and O–H groups in total. The van der Waals surface area contributed by atoms with Crippen molar-refractivity contribution in [3.05, 3.63) is 70.2 Å². The molecule has 2 rings (SSSR count). The minimum atomic E-state index is 0.550. The zero-order valence-corrected chi connectivity index (χ0v) is 16.5. The predicted molar refractivity (Wildman–Crippen MR) is 107 cm³/mol. The van der Waals surface area contributed by atoms with E-state index in [-0.39, 0.29) is 0 Å². The number of benzene rings is 2. The minimum Gasteiger partial charge on any atom is -0.383 e. The SMILES string of the molecule is COCCNCC(CCOCc1ccccc1)Cc1ccc(Br)cc1. The topological polar surface area (TPSA) is 30.5 Å². The second-order valence-electron chi connectivity index (χ2n) is 6.22. The van der Waals surface area contributed by atoms with Crippen molar-refractivity contribution >= 4 is 15.9 Å². The molecule has 3 nitrogen and oxygen atoms in total. The Balaban J connectivity index is 1.77. The van der Waals surface area contributed by atoms with Gasteiger partial charge in [-0.2, -0.15) is 0 Å². The van der Waals surface area contributed by atoms with Crippen LogP contribution in [-0.4, -0.2) is 33.4 Å². The number of methoxy groups -OCH3 is 1. The van der Waals surface area contributed by atoms with Gasteiger partial charge in [0, 0.05) is 24.7 Å². The van der Waals surface area contributed by atoms with E-state index in [4.69, 9.17) is 9.47 Å². The lowest BCUT2D eigenvalue weighted by molar-refractivity contribution is 0.106. The minimum absolute atomic E-state index is 0.550. The molecule has 25 heavy (non-hydrogen) atoms. The highest BCUT2D eigenvalue weighted by atomic mass is 79.9. The average molecular weight is 406 g/mol. The van der Waals surface area contributed by atoms with Crippen LogP contribution in [0.1, 0.15) is 17.5 Å². The molecule has 0 heterocycles. The second kappa shape index (κ2) is 12.2. The third kappa shape index (κ3) is 8.63. The van der Waals surface area contributed by atoms with Gasteiger partial charge in [0.15, 0.2) is 0 Å². The maximum atomic E-state index is 5.87. The first-order chi connectivity index (χ1) is 12.3. The van der Waals surface area contributed by atoms with E-state index in [2.05, 4.69) is 69.8 Å². The Morgan fingerprint density at radius 3 is 2.44 bits per heavy atom. The van der Waals surface area contributed by atoms with Crippen LogP contribution in [0.15, 0.2) is 59.1 Å². The van der Waals surface area contributed by atoms with Crippen LogP contribution in [0.25, 0.3) is 0 Å². The summed E-state index contributed by atoms with van der Waals surface area (Å²) in [7, 11) is 1.73. The van der Waals surface area contributed by atoms with Crippen molar-refractivity contribution in [3.8, 4) is 0 Å². The van der Waals surface area contributed by atoms with Gasteiger partial charge in [-0.25, -0.2) is 0 Å². The Kier molecular flexibility index (Phi) is 9.82. The van der Waals surface area contributed by atoms with Crippen molar-refractivity contribution in [3.63, 3.8) is 0 Å². The van der Waals surface area contributed by atoms with E-state index in [0.717, 1.165) is 43.6 Å². The summed E-state index contributed by atoms with van der Waals surface area (Å²) in [6.45, 7) is 4.08. The molecule has 0 bridgehead atoms. The number of hydrogen-bond acceptors (Lipinski definition) is 3. The maximum absolute atomic E-state index is 5.87. The molecule has 0 aliphatic rings. The van der Waals surface area contributed by atoms with Crippen LogP contribution in [0.3, 0.4) is 0 Å². The number of rotatable bonds is 12. The van der Waals surface area contributed by atoms with Crippen LogP contribution in [0.2, 0.25) is 0 Å². The van der Waals surface area contributed by atoms with Gasteiger partial charge in [0.25, 0.3) is 0 Å². The Morgan fingerprint density at radius 1 is 0.960 bits per heavy atom. The summed E-state index contributed by atoms with van der Waals surface area (Å²) < 4.78 is 12.1. The molecule has 0 saturated carbocycles. The fourth-order valence-corrected chi connectivity index (χ4v) is 2.99. The van der Waals surface area contributed by atoms with E-state index >= 15 is 0 Å². The van der Waals surface area contributed by atoms with Crippen molar-refractivity contribution in [2.45, 2.75) is 19.4 Å². The van der Waals surface area contributed by atoms with Crippen molar-refractivity contribution in [1.82, 2.24) is 5.32 Å². The van der Waals surface area contributed by atoms with E-state index in [1.807, 2.05) is 6.07 Å². The fraction of sp³-hybridized carbons (Fsp3) is 0.429. The molecule has 2 aromatic rings. The standard InChI is InChI=1S/C21H28BrNO2/c1-24-14-12-23-16-20(15-18-7-9-21(22)10-8-18)11-13-25-17-19-5-3-2-4-6-19/h2-10,20,23H,11-17H2,1H3. The molecule has 0 spiro atoms. The van der Waals surface area contributed by atoms with Gasteiger partial charge in [-0.05, 0) is 48.6 Å². The van der Waals surface area contributed by atoms with Crippen molar-refractivity contribution < 1.29 is 9.47 Å². The summed E-state index contributed by atoms with van der Waals surface area (Å²) in [5, 5.41) is 3.49. The molecular weight excluding hydrogens is 378 g/mol. The van der Waals surface area contributed by atoms with Gasteiger partial charge in [-0.3, -0.25) is 0 Å². The largest absolute Gasteiger partial charge is 0.383 e. The Bertz CT molecular complexity index is 574. The van der Waals surface area contributed by atoms with E-state index in [0.29, 0.717) is 12.5 Å². The molecule has 4 heteroatoms. The fourth-order valence-electron chi connectivity index (χ4n) is 2.72. The highest BCUT2D eigenvalue weighted by Gasteiger charge is 2.10. The third-order valence-corrected chi connectivity index (χ3v) is 4.66. The predicted octanol–water partition coefficient (Wildman–Crippen LogP) is 4.45. The summed E-state index contributed by atoms with van der Waals surface area (Å²) in [4.78, 5) is 0. The number of ether oxygens (including phenoxy) is 2. The van der Waals surface area contributed by atoms with E-state index in [1.165, 1.54) is 11.1 Å². The molecule has 0 aliphatic carbocycles. The third-order valence-electron chi connectivity index (χ3n) is 4.14. The van der Waals surface area contributed by atoms with Gasteiger partial charge in [0.05, 0.1) is 13.2 Å². The molecule has 136 valence electrons. The van der Waals surface area contributed by atoms with Gasteiger partial charge in [-0.1, -0.05) is 58.4 Å². The van der Waals surface area contributed by atoms with E-state index < -0.39 is 0 Å². The van der Waals surface area contributed by atoms with Gasteiger partial charge in [0.1, 0.15) is 0 Å². The maximum Gasteiger partial charge on any atom is 0.0716 e. The number of halogens is 1. The lowest BCUT2D eigenvalue weighted by Crippen LogP contribution is -2.28. The van der Waals surface area contributed by atoms with E-state index in [9.17, 15) is 0 Å². The van der Waals surface area contributed by atoms with Crippen LogP contribution in [-0.2, 0) is 22.5 Å². The van der Waals surface area contributed by atoms with Crippen molar-refractivity contribution in [1.29, 1.82) is 0 Å². The Hall–Kier alpha value is -1.20. The van der Waals surface area contributed by atoms with Crippen LogP contribution in [0, 0.1) is 5.92 Å². The van der Waals surface area contributed by atoms with Crippen LogP contribution < -0.4 is 5.32 Å². The van der Waals surface area contributed by atoms with Crippen molar-refractivity contribution in [2.24, 2.45) is 5.92 Å². The monoisotopic (exact) mass is 405 g/mol. The molecule has 0 aliphatic heterocycles. The molecule has 0 saturated heterocycles. The first kappa shape index (κ1) is 20.1. The van der Waals surface area contributed by atoms with Crippen LogP contribution >= 0.6 is 15.9 Å². The van der Waals surface area contributed by atoms with Gasteiger partial charge < -0.3 is 14.8 Å². The highest BCUT2D eigenvalue weighted by Crippen LogP contribution is 2.16. The highest BCUT2D eigenvalue weighted by molar-refractivity contribution is 9.10. The average Bonchev–Trinajstić information content (AvgIpc) is 2.64. The number of hydrogen-bond donors (Lipinski definition) is 1. The summed E-state index contributed by atoms with van der Waals surface area (Å²) >= 11 is 3.50. The zero-order chi connectivity index (χ0) is 17.7. The molecule has 2 aromatic carbocycles. The van der Waals surface area contributed by atoms with Gasteiger partial charge >= 0.3 is 0 Å². The second-order valence-corrected chi connectivity index (χ2v) is 7.14. The first-order valence-corrected chi connectivity index (χ1v) is 9.63. The van der Waals surface area contributed by atoms with Crippen LogP contribution in [0.5, 0.6) is 0 Å². The quantitative estimate of drug-likeness (QED) is 0.529. The normalized spacial score (nSPS) is 12.2. The van der Waals surface area contributed by atoms with Crippen molar-refractivity contribution in [2.75, 3.05) is 33.4 Å². The molecule has 1 unspecified atom stereocenters. The lowest BCUT2D eigenvalue weighted by Gasteiger charge is -2.18. The zero-order valence-electron chi connectivity index (χ0n) is 14.9. The molecule has 0 radical (unpaired) electrons. The summed E-state index contributed by atoms with van der Waals surface area (Å²) in [5.41, 5.74) is 2.59. The van der Waals surface area contributed by atoms with Gasteiger partial charge in [0.2, 0.25) is 0 Å². The summed E-state index contributed by atoms with van der Waals surface area (Å²) in [6.07, 6.45) is 2.10. The number of nitrogens with one attached hydrogen (secondary N) is 1. The molecule has 0 aromatic heterocycles. The molecule has 1 atom stereocenters. The molecule has 0 amide bonds. The Labute approximate surface area is 159 Å². The molecular formula is C21H28BrNO2. The van der Waals surface area contributed by atoms with Gasteiger partial charge in [-0.15, -0.1) is 0 Å². The summed E-state index contributed by atoms with van der Waals surface area (Å²) in [5.74, 6) is 0.550. The summed E-state index contributed by atoms with van der Waals surface area (Å²) in [6, 6.07) is 18.9.